The molecule has 3 aromatic rings. The zero-order valence-electron chi connectivity index (χ0n) is 19.7. The smallest absolute Gasteiger partial charge is 0.245 e. The van der Waals surface area contributed by atoms with Crippen molar-refractivity contribution in [3.05, 3.63) is 60.4 Å². The van der Waals surface area contributed by atoms with Crippen molar-refractivity contribution in [2.24, 2.45) is 0 Å². The van der Waals surface area contributed by atoms with E-state index in [0.717, 1.165) is 5.56 Å². The van der Waals surface area contributed by atoms with E-state index < -0.39 is 15.4 Å². The van der Waals surface area contributed by atoms with Gasteiger partial charge < -0.3 is 14.8 Å². The summed E-state index contributed by atoms with van der Waals surface area (Å²) in [6, 6.07) is 13.2. The van der Waals surface area contributed by atoms with E-state index in [2.05, 4.69) is 9.97 Å². The van der Waals surface area contributed by atoms with Crippen LogP contribution in [0.25, 0.3) is 11.0 Å². The van der Waals surface area contributed by atoms with Gasteiger partial charge in [0.15, 0.2) is 0 Å². The lowest BCUT2D eigenvalue weighted by Gasteiger charge is -2.45. The molecule has 4 heterocycles. The number of aromatic amines is 1. The number of aromatic nitrogens is 2. The molecule has 1 aromatic carbocycles. The Morgan fingerprint density at radius 1 is 0.914 bits per heavy atom. The van der Waals surface area contributed by atoms with Gasteiger partial charge in [-0.3, -0.25) is 9.59 Å². The minimum atomic E-state index is -3.72. The third-order valence-corrected chi connectivity index (χ3v) is 9.29. The molecule has 35 heavy (non-hydrogen) atoms. The fraction of sp³-hybridized carbons (Fsp3) is 0.400. The summed E-state index contributed by atoms with van der Waals surface area (Å²) in [5.74, 6) is 0.0330. The monoisotopic (exact) mass is 495 g/mol. The SMILES string of the molecule is CC(=O)N1CCC(C(=O)N2CCN(S(=O)(=O)c3c[nH]c4ncccc34)CC2)(c2ccccc2)CC1. The normalized spacial score (nSPS) is 19.1. The van der Waals surface area contributed by atoms with E-state index in [0.29, 0.717) is 50.1 Å². The highest BCUT2D eigenvalue weighted by molar-refractivity contribution is 7.89. The predicted molar refractivity (Wildman–Crippen MR) is 131 cm³/mol. The molecule has 2 amide bonds. The van der Waals surface area contributed by atoms with Gasteiger partial charge in [0.05, 0.1) is 5.41 Å². The Labute approximate surface area is 204 Å². The molecule has 2 fully saturated rings. The summed E-state index contributed by atoms with van der Waals surface area (Å²) in [6.07, 6.45) is 4.20. The highest BCUT2D eigenvalue weighted by Gasteiger charge is 2.46. The van der Waals surface area contributed by atoms with Crippen LogP contribution < -0.4 is 0 Å². The molecular weight excluding hydrogens is 466 g/mol. The van der Waals surface area contributed by atoms with Gasteiger partial charge in [0, 0.05) is 64.0 Å². The molecule has 0 aliphatic carbocycles. The number of sulfonamides is 1. The molecule has 5 rings (SSSR count). The summed E-state index contributed by atoms with van der Waals surface area (Å²) in [6.45, 7) is 3.71. The predicted octanol–water partition coefficient (Wildman–Crippen LogP) is 1.98. The quantitative estimate of drug-likeness (QED) is 0.596. The molecule has 2 saturated heterocycles. The maximum absolute atomic E-state index is 14.0. The van der Waals surface area contributed by atoms with Crippen LogP contribution in [0.3, 0.4) is 0 Å². The van der Waals surface area contributed by atoms with E-state index in [1.54, 1.807) is 35.1 Å². The molecule has 0 spiro atoms. The Kier molecular flexibility index (Phi) is 6.10. The van der Waals surface area contributed by atoms with Crippen LogP contribution in [0.4, 0.5) is 0 Å². The van der Waals surface area contributed by atoms with Gasteiger partial charge in [-0.25, -0.2) is 13.4 Å². The van der Waals surface area contributed by atoms with E-state index in [9.17, 15) is 18.0 Å². The molecule has 2 aliphatic rings. The number of hydrogen-bond acceptors (Lipinski definition) is 5. The number of benzene rings is 1. The second kappa shape index (κ2) is 9.09. The number of pyridine rings is 1. The zero-order valence-corrected chi connectivity index (χ0v) is 20.5. The average molecular weight is 496 g/mol. The van der Waals surface area contributed by atoms with Crippen molar-refractivity contribution in [1.29, 1.82) is 0 Å². The Morgan fingerprint density at radius 3 is 2.26 bits per heavy atom. The number of nitrogens with one attached hydrogen (secondary N) is 1. The highest BCUT2D eigenvalue weighted by Crippen LogP contribution is 2.38. The first-order valence-corrected chi connectivity index (χ1v) is 13.3. The van der Waals surface area contributed by atoms with E-state index >= 15 is 0 Å². The minimum Gasteiger partial charge on any atom is -0.345 e. The molecule has 184 valence electrons. The number of nitrogens with zero attached hydrogens (tertiary/aromatic N) is 4. The number of carbonyl (C=O) groups is 2. The van der Waals surface area contributed by atoms with Crippen LogP contribution in [0.2, 0.25) is 0 Å². The fourth-order valence-corrected chi connectivity index (χ4v) is 6.88. The number of piperazine rings is 1. The lowest BCUT2D eigenvalue weighted by atomic mass is 9.71. The molecule has 9 nitrogen and oxygen atoms in total. The number of carbonyl (C=O) groups excluding carboxylic acids is 2. The first-order valence-electron chi connectivity index (χ1n) is 11.9. The molecule has 1 N–H and O–H groups in total. The number of fused-ring (bicyclic) bond motifs is 1. The average Bonchev–Trinajstić information content (AvgIpc) is 3.34. The summed E-state index contributed by atoms with van der Waals surface area (Å²) >= 11 is 0. The summed E-state index contributed by atoms with van der Waals surface area (Å²) in [4.78, 5) is 36.7. The van der Waals surface area contributed by atoms with Gasteiger partial charge in [-0.05, 0) is 30.5 Å². The molecule has 0 saturated carbocycles. The highest BCUT2D eigenvalue weighted by atomic mass is 32.2. The van der Waals surface area contributed by atoms with Gasteiger partial charge >= 0.3 is 0 Å². The topological polar surface area (TPSA) is 107 Å². The van der Waals surface area contributed by atoms with Crippen LogP contribution in [-0.2, 0) is 25.0 Å². The zero-order chi connectivity index (χ0) is 24.6. The van der Waals surface area contributed by atoms with Crippen LogP contribution in [0.1, 0.15) is 25.3 Å². The second-order valence-electron chi connectivity index (χ2n) is 9.20. The van der Waals surface area contributed by atoms with Crippen molar-refractivity contribution < 1.29 is 18.0 Å². The van der Waals surface area contributed by atoms with Gasteiger partial charge in [-0.1, -0.05) is 30.3 Å². The summed E-state index contributed by atoms with van der Waals surface area (Å²) in [7, 11) is -3.72. The molecule has 0 radical (unpaired) electrons. The van der Waals surface area contributed by atoms with Gasteiger partial charge in [-0.15, -0.1) is 0 Å². The Balaban J connectivity index is 1.35. The lowest BCUT2D eigenvalue weighted by molar-refractivity contribution is -0.143. The van der Waals surface area contributed by atoms with Crippen molar-refractivity contribution in [2.75, 3.05) is 39.3 Å². The number of amides is 2. The summed E-state index contributed by atoms with van der Waals surface area (Å²) in [5, 5.41) is 0.561. The van der Waals surface area contributed by atoms with Crippen LogP contribution in [0, 0.1) is 0 Å². The molecule has 0 unspecified atom stereocenters. The van der Waals surface area contributed by atoms with Crippen molar-refractivity contribution in [1.82, 2.24) is 24.1 Å². The fourth-order valence-electron chi connectivity index (χ4n) is 5.30. The van der Waals surface area contributed by atoms with Gasteiger partial charge in [0.25, 0.3) is 0 Å². The number of H-pyrrole nitrogens is 1. The maximum atomic E-state index is 14.0. The van der Waals surface area contributed by atoms with Crippen molar-refractivity contribution in [3.63, 3.8) is 0 Å². The number of piperidine rings is 1. The summed E-state index contributed by atoms with van der Waals surface area (Å²) < 4.78 is 28.2. The van der Waals surface area contributed by atoms with Crippen molar-refractivity contribution >= 4 is 32.9 Å². The molecule has 0 bridgehead atoms. The molecule has 0 atom stereocenters. The first kappa shape index (κ1) is 23.5. The third-order valence-electron chi connectivity index (χ3n) is 7.35. The van der Waals surface area contributed by atoms with E-state index in [1.807, 2.05) is 30.3 Å². The van der Waals surface area contributed by atoms with Crippen molar-refractivity contribution in [3.8, 4) is 0 Å². The van der Waals surface area contributed by atoms with Crippen LogP contribution in [0.5, 0.6) is 0 Å². The molecule has 2 aliphatic heterocycles. The Hall–Kier alpha value is -3.24. The number of likely N-dealkylation sites (tertiary alicyclic amines) is 1. The third kappa shape index (κ3) is 4.10. The van der Waals surface area contributed by atoms with Gasteiger partial charge in [0.1, 0.15) is 10.5 Å². The molecule has 2 aromatic heterocycles. The minimum absolute atomic E-state index is 0.0141. The van der Waals surface area contributed by atoms with Gasteiger partial charge in [-0.2, -0.15) is 4.31 Å². The lowest BCUT2D eigenvalue weighted by Crippen LogP contribution is -2.58. The Morgan fingerprint density at radius 2 is 1.60 bits per heavy atom. The number of rotatable bonds is 4. The van der Waals surface area contributed by atoms with E-state index in [-0.39, 0.29) is 29.8 Å². The van der Waals surface area contributed by atoms with E-state index in [4.69, 9.17) is 0 Å². The van der Waals surface area contributed by atoms with Gasteiger partial charge in [0.2, 0.25) is 21.8 Å². The standard InChI is InChI=1S/C25H29N5O4S/c1-19(31)28-12-9-25(10-13-28,20-6-3-2-4-7-20)24(32)29-14-16-30(17-15-29)35(33,34)22-18-27-23-21(22)8-5-11-26-23/h2-8,11,18H,9-10,12-17H2,1H3,(H,26,27). The maximum Gasteiger partial charge on any atom is 0.245 e. The first-order chi connectivity index (χ1) is 16.8. The Bertz CT molecular complexity index is 1340. The van der Waals surface area contributed by atoms with Crippen molar-refractivity contribution in [2.45, 2.75) is 30.1 Å². The molecular formula is C25H29N5O4S. The molecule has 10 heteroatoms. The second-order valence-corrected chi connectivity index (χ2v) is 11.1. The largest absolute Gasteiger partial charge is 0.345 e. The van der Waals surface area contributed by atoms with E-state index in [1.165, 1.54) is 10.5 Å². The van der Waals surface area contributed by atoms with Crippen LogP contribution in [0.15, 0.2) is 59.8 Å². The van der Waals surface area contributed by atoms with Crippen LogP contribution >= 0.6 is 0 Å². The number of hydrogen-bond donors (Lipinski definition) is 1. The summed E-state index contributed by atoms with van der Waals surface area (Å²) in [5.41, 5.74) is 0.771. The van der Waals surface area contributed by atoms with Crippen LogP contribution in [-0.4, -0.2) is 83.6 Å².